The Labute approximate surface area is 95.0 Å². The van der Waals surface area contributed by atoms with Crippen molar-refractivity contribution in [3.63, 3.8) is 0 Å². The van der Waals surface area contributed by atoms with E-state index in [1.165, 1.54) is 32.1 Å². The molecule has 1 unspecified atom stereocenters. The van der Waals surface area contributed by atoms with Gasteiger partial charge in [0.2, 0.25) is 0 Å². The van der Waals surface area contributed by atoms with Crippen molar-refractivity contribution in [3.8, 4) is 0 Å². The van der Waals surface area contributed by atoms with Crippen LogP contribution in [0.2, 0.25) is 0 Å². The third-order valence-corrected chi connectivity index (χ3v) is 3.77. The van der Waals surface area contributed by atoms with Crippen LogP contribution in [-0.2, 0) is 10.8 Å². The van der Waals surface area contributed by atoms with Crippen molar-refractivity contribution in [2.45, 2.75) is 38.5 Å². The van der Waals surface area contributed by atoms with Gasteiger partial charge in [-0.2, -0.15) is 0 Å². The van der Waals surface area contributed by atoms with Crippen LogP contribution in [0.5, 0.6) is 0 Å². The van der Waals surface area contributed by atoms with Gasteiger partial charge in [0.15, 0.2) is 0 Å². The molecule has 0 amide bonds. The first-order chi connectivity index (χ1) is 7.20. The summed E-state index contributed by atoms with van der Waals surface area (Å²) in [6.07, 6.45) is 8.95. The molecule has 0 radical (unpaired) electrons. The lowest BCUT2D eigenvalue weighted by atomic mass is 9.88. The number of aliphatic imine (C=N–C) groups is 1. The summed E-state index contributed by atoms with van der Waals surface area (Å²) >= 11 is 0. The molecule has 3 nitrogen and oxygen atoms in total. The minimum absolute atomic E-state index is 0.519. The largest absolute Gasteiger partial charge is 0.387 e. The molecule has 1 aliphatic rings. The third kappa shape index (κ3) is 5.30. The molecule has 4 heteroatoms. The molecular formula is C11H22N2OS. The van der Waals surface area contributed by atoms with Crippen molar-refractivity contribution in [2.24, 2.45) is 16.6 Å². The van der Waals surface area contributed by atoms with Crippen LogP contribution < -0.4 is 5.73 Å². The predicted octanol–water partition coefficient (Wildman–Crippen LogP) is 1.69. The maximum atomic E-state index is 10.8. The zero-order valence-corrected chi connectivity index (χ0v) is 10.4. The van der Waals surface area contributed by atoms with E-state index >= 15 is 0 Å². The maximum Gasteiger partial charge on any atom is 0.0968 e. The van der Waals surface area contributed by atoms with E-state index in [-0.39, 0.29) is 0 Å². The number of nitrogens with zero attached hydrogens (tertiary/aromatic N) is 1. The van der Waals surface area contributed by atoms with Crippen molar-refractivity contribution in [1.29, 1.82) is 0 Å². The Hall–Kier alpha value is -0.380. The Bertz CT molecular complexity index is 235. The molecule has 88 valence electrons. The van der Waals surface area contributed by atoms with Gasteiger partial charge in [-0.15, -0.1) is 0 Å². The molecule has 2 N–H and O–H groups in total. The zero-order valence-electron chi connectivity index (χ0n) is 9.58. The smallest absolute Gasteiger partial charge is 0.0968 e. The van der Waals surface area contributed by atoms with Gasteiger partial charge in [0, 0.05) is 35.3 Å². The average molecular weight is 230 g/mol. The fourth-order valence-corrected chi connectivity index (χ4v) is 2.54. The van der Waals surface area contributed by atoms with Gasteiger partial charge >= 0.3 is 0 Å². The van der Waals surface area contributed by atoms with Gasteiger partial charge in [-0.1, -0.05) is 19.3 Å². The highest BCUT2D eigenvalue weighted by Gasteiger charge is 2.16. The topological polar surface area (TPSA) is 55.5 Å². The molecule has 1 saturated carbocycles. The number of rotatable bonds is 5. The van der Waals surface area contributed by atoms with Crippen LogP contribution in [-0.4, -0.2) is 28.6 Å². The summed E-state index contributed by atoms with van der Waals surface area (Å²) in [5.74, 6) is 2.09. The lowest BCUT2D eigenvalue weighted by molar-refractivity contribution is 0.436. The number of hydrogen-bond donors (Lipinski definition) is 1. The van der Waals surface area contributed by atoms with E-state index in [9.17, 15) is 4.21 Å². The molecule has 0 heterocycles. The lowest BCUT2D eigenvalue weighted by Gasteiger charge is -2.20. The summed E-state index contributed by atoms with van der Waals surface area (Å²) in [6, 6.07) is 0. The van der Waals surface area contributed by atoms with Crippen LogP contribution in [0.15, 0.2) is 4.99 Å². The van der Waals surface area contributed by atoms with Gasteiger partial charge < -0.3 is 5.73 Å². The zero-order chi connectivity index (χ0) is 11.1. The van der Waals surface area contributed by atoms with Crippen molar-refractivity contribution in [2.75, 3.05) is 18.6 Å². The fraction of sp³-hybridized carbons (Fsp3) is 0.909. The van der Waals surface area contributed by atoms with E-state index < -0.39 is 10.8 Å². The van der Waals surface area contributed by atoms with Crippen molar-refractivity contribution < 1.29 is 4.21 Å². The highest BCUT2D eigenvalue weighted by Crippen LogP contribution is 2.23. The molecule has 1 fully saturated rings. The summed E-state index contributed by atoms with van der Waals surface area (Å²) in [5, 5.41) is 0. The second kappa shape index (κ2) is 6.99. The van der Waals surface area contributed by atoms with E-state index in [0.29, 0.717) is 5.92 Å². The monoisotopic (exact) mass is 230 g/mol. The first-order valence-corrected chi connectivity index (χ1v) is 7.52. The molecule has 0 spiro atoms. The first kappa shape index (κ1) is 12.7. The van der Waals surface area contributed by atoms with Gasteiger partial charge in [-0.25, -0.2) is 0 Å². The second-order valence-electron chi connectivity index (χ2n) is 4.27. The molecule has 0 aliphatic heterocycles. The van der Waals surface area contributed by atoms with E-state index in [2.05, 4.69) is 4.99 Å². The van der Waals surface area contributed by atoms with Gasteiger partial charge in [-0.3, -0.25) is 9.20 Å². The third-order valence-electron chi connectivity index (χ3n) is 2.91. The maximum absolute atomic E-state index is 10.8. The summed E-state index contributed by atoms with van der Waals surface area (Å²) in [5.41, 5.74) is 5.94. The molecule has 1 aliphatic carbocycles. The Balaban J connectivity index is 2.22. The van der Waals surface area contributed by atoms with Crippen LogP contribution in [0.3, 0.4) is 0 Å². The van der Waals surface area contributed by atoms with Crippen molar-refractivity contribution in [1.82, 2.24) is 0 Å². The van der Waals surface area contributed by atoms with Crippen molar-refractivity contribution >= 4 is 16.6 Å². The van der Waals surface area contributed by atoms with Gasteiger partial charge in [0.25, 0.3) is 0 Å². The predicted molar refractivity (Wildman–Crippen MR) is 66.6 cm³/mol. The standard InChI is InChI=1S/C11H22N2OS/c1-15(14)9-5-8-13-11(12)10-6-3-2-4-7-10/h10H,2-9H2,1H3,(H2,12,13). The molecular weight excluding hydrogens is 208 g/mol. The van der Waals surface area contributed by atoms with Gasteiger partial charge in [0.1, 0.15) is 0 Å². The molecule has 0 bridgehead atoms. The highest BCUT2D eigenvalue weighted by molar-refractivity contribution is 7.84. The Kier molecular flexibility index (Phi) is 5.91. The van der Waals surface area contributed by atoms with Crippen LogP contribution >= 0.6 is 0 Å². The molecule has 0 aromatic rings. The summed E-state index contributed by atoms with van der Waals surface area (Å²) < 4.78 is 10.8. The van der Waals surface area contributed by atoms with Crippen LogP contribution in [0.4, 0.5) is 0 Å². The molecule has 0 aromatic heterocycles. The molecule has 0 saturated heterocycles. The first-order valence-electron chi connectivity index (χ1n) is 5.80. The average Bonchev–Trinajstić information content (AvgIpc) is 2.25. The van der Waals surface area contributed by atoms with E-state index in [0.717, 1.165) is 24.6 Å². The van der Waals surface area contributed by atoms with E-state index in [1.807, 2.05) is 0 Å². The Morgan fingerprint density at radius 2 is 2.07 bits per heavy atom. The SMILES string of the molecule is CS(=O)CCCN=C(N)C1CCCCC1. The number of amidine groups is 1. The van der Waals surface area contributed by atoms with Crippen LogP contribution in [0.1, 0.15) is 38.5 Å². The summed E-state index contributed by atoms with van der Waals surface area (Å²) in [6.45, 7) is 0.738. The fourth-order valence-electron chi connectivity index (χ4n) is 2.00. The summed E-state index contributed by atoms with van der Waals surface area (Å²) in [4.78, 5) is 4.38. The summed E-state index contributed by atoms with van der Waals surface area (Å²) in [7, 11) is -0.695. The van der Waals surface area contributed by atoms with Crippen LogP contribution in [0, 0.1) is 5.92 Å². The van der Waals surface area contributed by atoms with Crippen LogP contribution in [0.25, 0.3) is 0 Å². The number of hydrogen-bond acceptors (Lipinski definition) is 2. The van der Waals surface area contributed by atoms with Gasteiger partial charge in [0.05, 0.1) is 5.84 Å². The van der Waals surface area contributed by atoms with E-state index in [4.69, 9.17) is 5.73 Å². The molecule has 0 aromatic carbocycles. The Morgan fingerprint density at radius 1 is 1.40 bits per heavy atom. The molecule has 1 rings (SSSR count). The Morgan fingerprint density at radius 3 is 2.67 bits per heavy atom. The van der Waals surface area contributed by atoms with Gasteiger partial charge in [-0.05, 0) is 19.3 Å². The normalized spacial score (nSPS) is 21.5. The lowest BCUT2D eigenvalue weighted by Crippen LogP contribution is -2.26. The minimum atomic E-state index is -0.695. The van der Waals surface area contributed by atoms with E-state index in [1.54, 1.807) is 6.26 Å². The molecule has 15 heavy (non-hydrogen) atoms. The quantitative estimate of drug-likeness (QED) is 0.444. The minimum Gasteiger partial charge on any atom is -0.387 e. The molecule has 1 atom stereocenters. The highest BCUT2D eigenvalue weighted by atomic mass is 32.2. The number of nitrogens with two attached hydrogens (primary N) is 1. The second-order valence-corrected chi connectivity index (χ2v) is 5.83. The van der Waals surface area contributed by atoms with Crippen molar-refractivity contribution in [3.05, 3.63) is 0 Å².